The first-order valence-corrected chi connectivity index (χ1v) is 14.8. The van der Waals surface area contributed by atoms with E-state index in [9.17, 15) is 0 Å². The lowest BCUT2D eigenvalue weighted by Crippen LogP contribution is -2.34. The minimum absolute atomic E-state index is 1.20. The normalized spacial score (nSPS) is 11.3. The molecule has 0 aliphatic rings. The van der Waals surface area contributed by atoms with Crippen LogP contribution in [0.3, 0.4) is 0 Å². The second kappa shape index (κ2) is 22.0. The Balaban J connectivity index is 2.26. The largest absolute Gasteiger partial charge is 0.205 e. The molecule has 32 heavy (non-hydrogen) atoms. The van der Waals surface area contributed by atoms with Gasteiger partial charge in [-0.1, -0.05) is 124 Å². The number of aromatic nitrogens is 1. The van der Waals surface area contributed by atoms with E-state index < -0.39 is 0 Å². The molecule has 0 bridgehead atoms. The van der Waals surface area contributed by atoms with Gasteiger partial charge < -0.3 is 0 Å². The minimum atomic E-state index is 1.20. The highest BCUT2D eigenvalue weighted by molar-refractivity contribution is 5.21. The SMILES string of the molecule is CCCCCCCCCCCCCC[n+]1ccc(CCCCCC)c(CCCCCC)c1. The molecule has 186 valence electrons. The summed E-state index contributed by atoms with van der Waals surface area (Å²) in [6.45, 7) is 8.12. The van der Waals surface area contributed by atoms with Crippen molar-refractivity contribution in [2.45, 2.75) is 169 Å². The van der Waals surface area contributed by atoms with Crippen molar-refractivity contribution in [2.24, 2.45) is 0 Å². The van der Waals surface area contributed by atoms with Gasteiger partial charge >= 0.3 is 0 Å². The molecule has 0 spiro atoms. The van der Waals surface area contributed by atoms with Gasteiger partial charge in [0.15, 0.2) is 12.4 Å². The molecule has 1 nitrogen and oxygen atoms in total. The van der Waals surface area contributed by atoms with Crippen LogP contribution in [0.1, 0.15) is 160 Å². The number of hydrogen-bond donors (Lipinski definition) is 0. The Morgan fingerprint density at radius 2 is 0.875 bits per heavy atom. The fourth-order valence-corrected chi connectivity index (χ4v) is 4.85. The highest BCUT2D eigenvalue weighted by Gasteiger charge is 2.10. The van der Waals surface area contributed by atoms with Gasteiger partial charge in [0.25, 0.3) is 0 Å². The van der Waals surface area contributed by atoms with Crippen LogP contribution in [0.4, 0.5) is 0 Å². The summed E-state index contributed by atoms with van der Waals surface area (Å²) >= 11 is 0. The van der Waals surface area contributed by atoms with Crippen molar-refractivity contribution >= 4 is 0 Å². The highest BCUT2D eigenvalue weighted by Crippen LogP contribution is 2.16. The summed E-state index contributed by atoms with van der Waals surface area (Å²) in [6, 6.07) is 2.45. The van der Waals surface area contributed by atoms with E-state index >= 15 is 0 Å². The van der Waals surface area contributed by atoms with Crippen molar-refractivity contribution in [3.63, 3.8) is 0 Å². The second-order valence-electron chi connectivity index (χ2n) is 10.2. The fraction of sp³-hybridized carbons (Fsp3) is 0.839. The number of aryl methyl sites for hydroxylation is 3. The molecule has 0 atom stereocenters. The first-order valence-electron chi connectivity index (χ1n) is 14.8. The Bertz CT molecular complexity index is 521. The van der Waals surface area contributed by atoms with Crippen LogP contribution in [0.2, 0.25) is 0 Å². The Kier molecular flexibility index (Phi) is 20.0. The predicted octanol–water partition coefficient (Wildman–Crippen LogP) is 9.92. The zero-order chi connectivity index (χ0) is 23.1. The molecule has 1 heteroatoms. The lowest BCUT2D eigenvalue weighted by molar-refractivity contribution is -0.697. The van der Waals surface area contributed by atoms with Crippen LogP contribution in [0.25, 0.3) is 0 Å². The van der Waals surface area contributed by atoms with Crippen LogP contribution < -0.4 is 4.57 Å². The van der Waals surface area contributed by atoms with E-state index in [0.29, 0.717) is 0 Å². The standard InChI is InChI=1S/C31H58N/c1-4-7-10-13-14-15-16-17-18-19-20-23-27-32-28-26-30(24-21-11-8-5-2)31(29-32)25-22-12-9-6-3/h26,28-29H,4-25,27H2,1-3H3/q+1. The first kappa shape index (κ1) is 29.2. The summed E-state index contributed by atoms with van der Waals surface area (Å²) in [4.78, 5) is 0. The van der Waals surface area contributed by atoms with Crippen LogP contribution in [-0.2, 0) is 19.4 Å². The van der Waals surface area contributed by atoms with Gasteiger partial charge in [0, 0.05) is 18.1 Å². The predicted molar refractivity (Wildman–Crippen MR) is 143 cm³/mol. The van der Waals surface area contributed by atoms with Crippen LogP contribution >= 0.6 is 0 Å². The van der Waals surface area contributed by atoms with Crippen LogP contribution in [0.5, 0.6) is 0 Å². The van der Waals surface area contributed by atoms with Crippen molar-refractivity contribution in [3.05, 3.63) is 29.6 Å². The van der Waals surface area contributed by atoms with Crippen molar-refractivity contribution in [3.8, 4) is 0 Å². The Morgan fingerprint density at radius 1 is 0.469 bits per heavy atom. The van der Waals surface area contributed by atoms with Crippen molar-refractivity contribution in [2.75, 3.05) is 0 Å². The van der Waals surface area contributed by atoms with Crippen molar-refractivity contribution in [1.82, 2.24) is 0 Å². The summed E-state index contributed by atoms with van der Waals surface area (Å²) in [6.07, 6.45) is 35.5. The number of pyridine rings is 1. The maximum absolute atomic E-state index is 2.50. The molecule has 1 heterocycles. The average Bonchev–Trinajstić information content (AvgIpc) is 2.81. The molecular formula is C31H58N+. The van der Waals surface area contributed by atoms with E-state index in [1.54, 1.807) is 11.1 Å². The van der Waals surface area contributed by atoms with E-state index in [4.69, 9.17) is 0 Å². The monoisotopic (exact) mass is 444 g/mol. The summed E-state index contributed by atoms with van der Waals surface area (Å²) < 4.78 is 2.49. The summed E-state index contributed by atoms with van der Waals surface area (Å²) in [5.41, 5.74) is 3.27. The maximum Gasteiger partial charge on any atom is 0.172 e. The maximum atomic E-state index is 2.50. The number of unbranched alkanes of at least 4 members (excludes halogenated alkanes) is 17. The quantitative estimate of drug-likeness (QED) is 0.117. The third kappa shape index (κ3) is 15.9. The van der Waals surface area contributed by atoms with E-state index in [1.807, 2.05) is 0 Å². The molecule has 0 N–H and O–H groups in total. The van der Waals surface area contributed by atoms with Crippen LogP contribution in [0.15, 0.2) is 18.5 Å². The first-order chi connectivity index (χ1) is 15.8. The molecule has 0 saturated heterocycles. The molecule has 1 aromatic rings. The molecule has 0 unspecified atom stereocenters. The summed E-state index contributed by atoms with van der Waals surface area (Å²) in [5, 5.41) is 0. The third-order valence-electron chi connectivity index (χ3n) is 7.07. The molecule has 0 fully saturated rings. The van der Waals surface area contributed by atoms with Gasteiger partial charge in [0.2, 0.25) is 0 Å². The van der Waals surface area contributed by atoms with Crippen LogP contribution in [0, 0.1) is 0 Å². The highest BCUT2D eigenvalue weighted by atomic mass is 14.9. The van der Waals surface area contributed by atoms with Gasteiger partial charge in [0.05, 0.1) is 0 Å². The van der Waals surface area contributed by atoms with Gasteiger partial charge in [0.1, 0.15) is 6.54 Å². The Hall–Kier alpha value is -0.850. The average molecular weight is 445 g/mol. The van der Waals surface area contributed by atoms with E-state index in [-0.39, 0.29) is 0 Å². The molecule has 0 aromatic carbocycles. The van der Waals surface area contributed by atoms with Gasteiger partial charge in [-0.15, -0.1) is 0 Å². The number of nitrogens with zero attached hydrogens (tertiary/aromatic N) is 1. The van der Waals surface area contributed by atoms with Gasteiger partial charge in [-0.3, -0.25) is 0 Å². The fourth-order valence-electron chi connectivity index (χ4n) is 4.85. The molecular weight excluding hydrogens is 386 g/mol. The molecule has 0 radical (unpaired) electrons. The van der Waals surface area contributed by atoms with E-state index in [2.05, 4.69) is 43.8 Å². The molecule has 0 saturated carbocycles. The van der Waals surface area contributed by atoms with Gasteiger partial charge in [-0.2, -0.15) is 0 Å². The minimum Gasteiger partial charge on any atom is -0.205 e. The number of rotatable bonds is 23. The smallest absolute Gasteiger partial charge is 0.172 e. The Labute approximate surface area is 202 Å². The molecule has 1 rings (SSSR count). The molecule has 0 aliphatic carbocycles. The molecule has 0 aliphatic heterocycles. The zero-order valence-corrected chi connectivity index (χ0v) is 22.4. The lowest BCUT2D eigenvalue weighted by atomic mass is 9.98. The lowest BCUT2D eigenvalue weighted by Gasteiger charge is -2.09. The van der Waals surface area contributed by atoms with E-state index in [0.717, 1.165) is 0 Å². The molecule has 1 aromatic heterocycles. The summed E-state index contributed by atoms with van der Waals surface area (Å²) in [5.74, 6) is 0. The zero-order valence-electron chi connectivity index (χ0n) is 22.4. The summed E-state index contributed by atoms with van der Waals surface area (Å²) in [7, 11) is 0. The third-order valence-corrected chi connectivity index (χ3v) is 7.07. The van der Waals surface area contributed by atoms with Crippen molar-refractivity contribution in [1.29, 1.82) is 0 Å². The van der Waals surface area contributed by atoms with Gasteiger partial charge in [-0.05, 0) is 37.7 Å². The van der Waals surface area contributed by atoms with E-state index in [1.165, 1.54) is 148 Å². The van der Waals surface area contributed by atoms with Crippen molar-refractivity contribution < 1.29 is 4.57 Å². The molecule has 0 amide bonds. The van der Waals surface area contributed by atoms with Crippen LogP contribution in [-0.4, -0.2) is 0 Å². The van der Waals surface area contributed by atoms with Gasteiger partial charge in [-0.25, -0.2) is 4.57 Å². The Morgan fingerprint density at radius 3 is 1.38 bits per heavy atom. The second-order valence-corrected chi connectivity index (χ2v) is 10.2. The topological polar surface area (TPSA) is 3.88 Å². The number of hydrogen-bond acceptors (Lipinski definition) is 0.